The number of pyridine rings is 1. The molecular formula is C22H29N3O4. The minimum Gasteiger partial charge on any atom is -0.480 e. The van der Waals surface area contributed by atoms with Gasteiger partial charge < -0.3 is 14.7 Å². The van der Waals surface area contributed by atoms with Crippen LogP contribution in [0.4, 0.5) is 5.69 Å². The summed E-state index contributed by atoms with van der Waals surface area (Å²) in [5, 5.41) is 10.0. The van der Waals surface area contributed by atoms with Gasteiger partial charge in [0.1, 0.15) is 5.56 Å². The molecule has 156 valence electrons. The highest BCUT2D eigenvalue weighted by atomic mass is 16.5. The van der Waals surface area contributed by atoms with Crippen molar-refractivity contribution < 1.29 is 19.4 Å². The normalized spacial score (nSPS) is 17.4. The van der Waals surface area contributed by atoms with Crippen molar-refractivity contribution in [3.63, 3.8) is 0 Å². The summed E-state index contributed by atoms with van der Waals surface area (Å²) < 4.78 is 5.29. The number of carboxylic acid groups (broad SMARTS) is 1. The number of hydrogen-bond acceptors (Lipinski definition) is 6. The van der Waals surface area contributed by atoms with E-state index in [2.05, 4.69) is 16.0 Å². The van der Waals surface area contributed by atoms with Crippen molar-refractivity contribution in [2.75, 3.05) is 38.2 Å². The highest BCUT2D eigenvalue weighted by molar-refractivity contribution is 6.05. The van der Waals surface area contributed by atoms with E-state index < -0.39 is 5.97 Å². The van der Waals surface area contributed by atoms with Gasteiger partial charge in [0.2, 0.25) is 0 Å². The zero-order valence-corrected chi connectivity index (χ0v) is 17.4. The van der Waals surface area contributed by atoms with Crippen molar-refractivity contribution in [2.24, 2.45) is 0 Å². The van der Waals surface area contributed by atoms with E-state index in [1.807, 2.05) is 31.0 Å². The molecule has 1 unspecified atom stereocenters. The van der Waals surface area contributed by atoms with Gasteiger partial charge in [0, 0.05) is 30.7 Å². The molecule has 0 radical (unpaired) electrons. The van der Waals surface area contributed by atoms with Crippen LogP contribution in [0.3, 0.4) is 0 Å². The molecule has 0 spiro atoms. The van der Waals surface area contributed by atoms with Crippen LogP contribution in [0, 0.1) is 6.92 Å². The number of aliphatic carboxylic acids is 1. The highest BCUT2D eigenvalue weighted by Crippen LogP contribution is 2.33. The summed E-state index contributed by atoms with van der Waals surface area (Å²) in [4.78, 5) is 32.4. The Morgan fingerprint density at radius 3 is 2.83 bits per heavy atom. The first-order chi connectivity index (χ1) is 13.9. The zero-order valence-electron chi connectivity index (χ0n) is 17.4. The molecular weight excluding hydrogens is 370 g/mol. The Morgan fingerprint density at radius 2 is 2.10 bits per heavy atom. The molecule has 7 nitrogen and oxygen atoms in total. The Hall–Kier alpha value is -2.67. The molecule has 1 aliphatic heterocycles. The van der Waals surface area contributed by atoms with Crippen LogP contribution >= 0.6 is 0 Å². The van der Waals surface area contributed by atoms with Gasteiger partial charge in [0.05, 0.1) is 24.4 Å². The van der Waals surface area contributed by atoms with Crippen LogP contribution in [-0.4, -0.2) is 66.3 Å². The number of rotatable bonds is 6. The third kappa shape index (κ3) is 4.85. The summed E-state index contributed by atoms with van der Waals surface area (Å²) in [5.41, 5.74) is 3.32. The Morgan fingerprint density at radius 1 is 1.31 bits per heavy atom. The summed E-state index contributed by atoms with van der Waals surface area (Å²) in [5.74, 6) is -1.17. The SMILES string of the molecule is CCOC(=O)c1cnc2ccc(C)cc2c1N1CCCC(N(C)CC(=O)O)CC1. The fourth-order valence-corrected chi connectivity index (χ4v) is 4.08. The Balaban J connectivity index is 1.96. The number of anilines is 1. The molecule has 0 bridgehead atoms. The summed E-state index contributed by atoms with van der Waals surface area (Å²) >= 11 is 0. The van der Waals surface area contributed by atoms with E-state index in [-0.39, 0.29) is 18.6 Å². The van der Waals surface area contributed by atoms with Crippen LogP contribution in [0.2, 0.25) is 0 Å². The number of benzene rings is 1. The van der Waals surface area contributed by atoms with Crippen molar-refractivity contribution >= 4 is 28.5 Å². The fraction of sp³-hybridized carbons (Fsp3) is 0.500. The number of carbonyl (C=O) groups excluding carboxylic acids is 1. The third-order valence-electron chi connectivity index (χ3n) is 5.51. The molecule has 29 heavy (non-hydrogen) atoms. The maximum absolute atomic E-state index is 12.7. The number of carboxylic acids is 1. The maximum Gasteiger partial charge on any atom is 0.341 e. The second-order valence-electron chi connectivity index (χ2n) is 7.64. The molecule has 0 amide bonds. The first-order valence-corrected chi connectivity index (χ1v) is 10.1. The molecule has 1 N–H and O–H groups in total. The van der Waals surface area contributed by atoms with Crippen LogP contribution in [0.25, 0.3) is 10.9 Å². The van der Waals surface area contributed by atoms with Gasteiger partial charge in [-0.25, -0.2) is 4.79 Å². The molecule has 1 saturated heterocycles. The van der Waals surface area contributed by atoms with E-state index in [0.717, 1.165) is 54.5 Å². The average Bonchev–Trinajstić information content (AvgIpc) is 2.92. The number of esters is 1. The number of fused-ring (bicyclic) bond motifs is 1. The van der Waals surface area contributed by atoms with Gasteiger partial charge in [-0.05, 0) is 52.3 Å². The molecule has 1 aromatic heterocycles. The molecule has 0 saturated carbocycles. The molecule has 2 heterocycles. The van der Waals surface area contributed by atoms with E-state index in [4.69, 9.17) is 9.84 Å². The van der Waals surface area contributed by atoms with E-state index in [1.165, 1.54) is 0 Å². The van der Waals surface area contributed by atoms with Gasteiger partial charge in [0.15, 0.2) is 0 Å². The second kappa shape index (κ2) is 9.22. The Labute approximate surface area is 171 Å². The van der Waals surface area contributed by atoms with E-state index >= 15 is 0 Å². The standard InChI is InChI=1S/C22H29N3O4/c1-4-29-22(28)18-13-23-19-8-7-15(2)12-17(19)21(18)25-10-5-6-16(9-11-25)24(3)14-20(26)27/h7-8,12-13,16H,4-6,9-11,14H2,1-3H3,(H,26,27). The predicted octanol–water partition coefficient (Wildman–Crippen LogP) is 3.10. The molecule has 0 aliphatic carbocycles. The first-order valence-electron chi connectivity index (χ1n) is 10.1. The maximum atomic E-state index is 12.7. The predicted molar refractivity (Wildman–Crippen MR) is 113 cm³/mol. The lowest BCUT2D eigenvalue weighted by Gasteiger charge is -2.28. The van der Waals surface area contributed by atoms with Crippen LogP contribution < -0.4 is 4.90 Å². The fourth-order valence-electron chi connectivity index (χ4n) is 4.08. The quantitative estimate of drug-likeness (QED) is 0.747. The molecule has 1 aliphatic rings. The number of ether oxygens (including phenoxy) is 1. The summed E-state index contributed by atoms with van der Waals surface area (Å²) in [6.45, 7) is 5.72. The van der Waals surface area contributed by atoms with Gasteiger partial charge in [-0.1, -0.05) is 11.6 Å². The molecule has 1 fully saturated rings. The van der Waals surface area contributed by atoms with Crippen molar-refractivity contribution in [1.29, 1.82) is 0 Å². The van der Waals surface area contributed by atoms with Gasteiger partial charge >= 0.3 is 11.9 Å². The molecule has 1 atom stereocenters. The lowest BCUT2D eigenvalue weighted by atomic mass is 10.1. The van der Waals surface area contributed by atoms with Gasteiger partial charge in [-0.15, -0.1) is 0 Å². The number of carbonyl (C=O) groups is 2. The largest absolute Gasteiger partial charge is 0.480 e. The van der Waals surface area contributed by atoms with Gasteiger partial charge in [-0.3, -0.25) is 14.7 Å². The molecule has 1 aromatic carbocycles. The van der Waals surface area contributed by atoms with Crippen LogP contribution in [0.1, 0.15) is 42.1 Å². The molecule has 7 heteroatoms. The summed E-state index contributed by atoms with van der Waals surface area (Å²) in [6, 6.07) is 6.27. The van der Waals surface area contributed by atoms with Gasteiger partial charge in [-0.2, -0.15) is 0 Å². The lowest BCUT2D eigenvalue weighted by molar-refractivity contribution is -0.138. The number of nitrogens with zero attached hydrogens (tertiary/aromatic N) is 3. The van der Waals surface area contributed by atoms with Crippen molar-refractivity contribution in [3.8, 4) is 0 Å². The lowest BCUT2D eigenvalue weighted by Crippen LogP contribution is -2.36. The highest BCUT2D eigenvalue weighted by Gasteiger charge is 2.26. The van der Waals surface area contributed by atoms with E-state index in [9.17, 15) is 9.59 Å². The minimum absolute atomic E-state index is 0.0378. The topological polar surface area (TPSA) is 83.0 Å². The Bertz CT molecular complexity index is 899. The number of hydrogen-bond donors (Lipinski definition) is 1. The smallest absolute Gasteiger partial charge is 0.341 e. The number of aryl methyl sites for hydroxylation is 1. The molecule has 2 aromatic rings. The van der Waals surface area contributed by atoms with Crippen molar-refractivity contribution in [3.05, 3.63) is 35.5 Å². The monoisotopic (exact) mass is 399 g/mol. The van der Waals surface area contributed by atoms with Crippen molar-refractivity contribution in [2.45, 2.75) is 39.2 Å². The minimum atomic E-state index is -0.811. The van der Waals surface area contributed by atoms with Gasteiger partial charge in [0.25, 0.3) is 0 Å². The summed E-state index contributed by atoms with van der Waals surface area (Å²) in [6.07, 6.45) is 4.30. The third-order valence-corrected chi connectivity index (χ3v) is 5.51. The number of likely N-dealkylation sites (N-methyl/N-ethyl adjacent to an activating group) is 1. The average molecular weight is 399 g/mol. The van der Waals surface area contributed by atoms with E-state index in [0.29, 0.717) is 12.2 Å². The van der Waals surface area contributed by atoms with E-state index in [1.54, 1.807) is 13.1 Å². The van der Waals surface area contributed by atoms with Crippen molar-refractivity contribution in [1.82, 2.24) is 9.88 Å². The second-order valence-corrected chi connectivity index (χ2v) is 7.64. The number of aromatic nitrogens is 1. The van der Waals surface area contributed by atoms with Crippen LogP contribution in [-0.2, 0) is 9.53 Å². The first kappa shape index (κ1) is 21.0. The van der Waals surface area contributed by atoms with Crippen LogP contribution in [0.15, 0.2) is 24.4 Å². The van der Waals surface area contributed by atoms with Crippen LogP contribution in [0.5, 0.6) is 0 Å². The molecule has 3 rings (SSSR count). The Kier molecular flexibility index (Phi) is 6.69. The zero-order chi connectivity index (χ0) is 21.0. The summed E-state index contributed by atoms with van der Waals surface area (Å²) in [7, 11) is 1.86.